The molecule has 0 saturated carbocycles. The Bertz CT molecular complexity index is 550. The monoisotopic (exact) mass is 327 g/mol. The summed E-state index contributed by atoms with van der Waals surface area (Å²) in [5.74, 6) is -0.549. The van der Waals surface area contributed by atoms with E-state index in [9.17, 15) is 9.18 Å². The number of hydrogen-bond acceptors (Lipinski definition) is 3. The fraction of sp³-hybridized carbons (Fsp3) is 0.562. The van der Waals surface area contributed by atoms with Crippen LogP contribution in [0.5, 0.6) is 0 Å². The van der Waals surface area contributed by atoms with Crippen LogP contribution in [-0.4, -0.2) is 30.6 Å². The molecule has 1 fully saturated rings. The van der Waals surface area contributed by atoms with Gasteiger partial charge in [0.2, 0.25) is 5.91 Å². The third-order valence-electron chi connectivity index (χ3n) is 4.08. The largest absolute Gasteiger partial charge is 0.369 e. The van der Waals surface area contributed by atoms with Crippen molar-refractivity contribution >= 4 is 23.2 Å². The van der Waals surface area contributed by atoms with Crippen LogP contribution in [0.25, 0.3) is 0 Å². The number of nitrogens with zero attached hydrogens (tertiary/aromatic N) is 1. The second-order valence-electron chi connectivity index (χ2n) is 6.17. The highest BCUT2D eigenvalue weighted by Gasteiger charge is 2.31. The molecular formula is C16H23ClFN3O. The van der Waals surface area contributed by atoms with Gasteiger partial charge in [-0.1, -0.05) is 24.9 Å². The lowest BCUT2D eigenvalue weighted by molar-refractivity contribution is -0.126. The minimum atomic E-state index is -0.839. The van der Waals surface area contributed by atoms with E-state index in [1.165, 1.54) is 6.07 Å². The Morgan fingerprint density at radius 1 is 1.59 bits per heavy atom. The summed E-state index contributed by atoms with van der Waals surface area (Å²) >= 11 is 5.70. The van der Waals surface area contributed by atoms with Gasteiger partial charge in [-0.15, -0.1) is 0 Å². The van der Waals surface area contributed by atoms with E-state index in [0.29, 0.717) is 13.0 Å². The van der Waals surface area contributed by atoms with Crippen molar-refractivity contribution in [1.82, 2.24) is 5.32 Å². The normalized spacial score (nSPS) is 20.8. The first kappa shape index (κ1) is 17.0. The summed E-state index contributed by atoms with van der Waals surface area (Å²) in [4.78, 5) is 14.3. The van der Waals surface area contributed by atoms with Gasteiger partial charge in [-0.2, -0.15) is 0 Å². The molecule has 0 spiro atoms. The number of nitrogens with one attached hydrogen (secondary N) is 1. The molecule has 1 amide bonds. The van der Waals surface area contributed by atoms with Gasteiger partial charge >= 0.3 is 0 Å². The van der Waals surface area contributed by atoms with Gasteiger partial charge in [-0.05, 0) is 38.0 Å². The molecular weight excluding hydrogens is 305 g/mol. The van der Waals surface area contributed by atoms with Crippen LogP contribution in [0.4, 0.5) is 10.1 Å². The molecule has 1 saturated heterocycles. The molecule has 0 aromatic heterocycles. The second-order valence-corrected chi connectivity index (χ2v) is 6.58. The van der Waals surface area contributed by atoms with E-state index in [1.807, 2.05) is 11.8 Å². The Balaban J connectivity index is 1.95. The summed E-state index contributed by atoms with van der Waals surface area (Å²) in [6.07, 6.45) is 2.33. The van der Waals surface area contributed by atoms with Crippen LogP contribution in [0.1, 0.15) is 33.1 Å². The van der Waals surface area contributed by atoms with Crippen LogP contribution < -0.4 is 16.0 Å². The maximum atomic E-state index is 13.5. The summed E-state index contributed by atoms with van der Waals surface area (Å²) in [6, 6.07) is 4.80. The third kappa shape index (κ3) is 3.90. The molecule has 22 heavy (non-hydrogen) atoms. The summed E-state index contributed by atoms with van der Waals surface area (Å²) in [5.41, 5.74) is 5.98. The molecule has 4 nitrogen and oxygen atoms in total. The van der Waals surface area contributed by atoms with Crippen LogP contribution in [0.3, 0.4) is 0 Å². The SMILES string of the molecule is CCCC(C)(N)C(=O)NC1CCN(c2ccc(Cl)c(F)c2)C1. The van der Waals surface area contributed by atoms with Gasteiger partial charge in [0.05, 0.1) is 10.6 Å². The lowest BCUT2D eigenvalue weighted by Crippen LogP contribution is -2.54. The highest BCUT2D eigenvalue weighted by atomic mass is 35.5. The molecule has 1 aliphatic heterocycles. The van der Waals surface area contributed by atoms with Crippen LogP contribution in [-0.2, 0) is 4.79 Å². The van der Waals surface area contributed by atoms with Crippen LogP contribution >= 0.6 is 11.6 Å². The van der Waals surface area contributed by atoms with E-state index in [1.54, 1.807) is 19.1 Å². The number of benzene rings is 1. The van der Waals surface area contributed by atoms with Crippen molar-refractivity contribution in [2.45, 2.75) is 44.7 Å². The molecule has 2 unspecified atom stereocenters. The van der Waals surface area contributed by atoms with Gasteiger partial charge in [-0.25, -0.2) is 4.39 Å². The molecule has 6 heteroatoms. The van der Waals surface area contributed by atoms with Gasteiger partial charge < -0.3 is 16.0 Å². The Hall–Kier alpha value is -1.33. The molecule has 2 atom stereocenters. The van der Waals surface area contributed by atoms with Crippen molar-refractivity contribution in [2.75, 3.05) is 18.0 Å². The van der Waals surface area contributed by atoms with Gasteiger partial charge in [0, 0.05) is 24.8 Å². The Morgan fingerprint density at radius 3 is 2.95 bits per heavy atom. The summed E-state index contributed by atoms with van der Waals surface area (Å²) in [7, 11) is 0. The third-order valence-corrected chi connectivity index (χ3v) is 4.39. The zero-order valence-corrected chi connectivity index (χ0v) is 13.8. The van der Waals surface area contributed by atoms with E-state index >= 15 is 0 Å². The fourth-order valence-electron chi connectivity index (χ4n) is 2.78. The van der Waals surface area contributed by atoms with E-state index in [-0.39, 0.29) is 17.0 Å². The van der Waals surface area contributed by atoms with Crippen LogP contribution in [0, 0.1) is 5.82 Å². The molecule has 1 aromatic carbocycles. The molecule has 2 rings (SSSR count). The number of halogens is 2. The van der Waals surface area contributed by atoms with Crippen molar-refractivity contribution in [3.05, 3.63) is 29.0 Å². The number of carbonyl (C=O) groups excluding carboxylic acids is 1. The Kier molecular flexibility index (Phi) is 5.29. The predicted octanol–water partition coefficient (Wildman–Crippen LogP) is 2.69. The van der Waals surface area contributed by atoms with E-state index in [0.717, 1.165) is 25.1 Å². The Morgan fingerprint density at radius 2 is 2.32 bits per heavy atom. The maximum Gasteiger partial charge on any atom is 0.240 e. The van der Waals surface area contributed by atoms with Crippen molar-refractivity contribution in [1.29, 1.82) is 0 Å². The first-order chi connectivity index (χ1) is 10.3. The average Bonchev–Trinajstić information content (AvgIpc) is 2.90. The standard InChI is InChI=1S/C16H23ClFN3O/c1-3-7-16(2,19)15(22)20-11-6-8-21(10-11)12-4-5-13(17)14(18)9-12/h4-5,9,11H,3,6-8,10,19H2,1-2H3,(H,20,22). The van der Waals surface area contributed by atoms with E-state index in [2.05, 4.69) is 5.32 Å². The first-order valence-corrected chi connectivity index (χ1v) is 8.01. The molecule has 1 aliphatic rings. The van der Waals surface area contributed by atoms with Crippen LogP contribution in [0.2, 0.25) is 5.02 Å². The lowest BCUT2D eigenvalue weighted by Gasteiger charge is -2.25. The van der Waals surface area contributed by atoms with Gasteiger partial charge in [0.1, 0.15) is 5.82 Å². The number of anilines is 1. The molecule has 3 N–H and O–H groups in total. The summed E-state index contributed by atoms with van der Waals surface area (Å²) in [6.45, 7) is 5.17. The molecule has 122 valence electrons. The zero-order chi connectivity index (χ0) is 16.3. The van der Waals surface area contributed by atoms with Gasteiger partial charge in [0.15, 0.2) is 0 Å². The summed E-state index contributed by atoms with van der Waals surface area (Å²) in [5, 5.41) is 3.12. The van der Waals surface area contributed by atoms with Gasteiger partial charge in [0.25, 0.3) is 0 Å². The number of hydrogen-bond donors (Lipinski definition) is 2. The van der Waals surface area contributed by atoms with Crippen LogP contribution in [0.15, 0.2) is 18.2 Å². The van der Waals surface area contributed by atoms with E-state index in [4.69, 9.17) is 17.3 Å². The van der Waals surface area contributed by atoms with Gasteiger partial charge in [-0.3, -0.25) is 4.79 Å². The Labute approximate surface area is 135 Å². The number of rotatable bonds is 5. The number of nitrogens with two attached hydrogens (primary N) is 1. The lowest BCUT2D eigenvalue weighted by atomic mass is 9.96. The molecule has 0 aliphatic carbocycles. The van der Waals surface area contributed by atoms with Crippen molar-refractivity contribution < 1.29 is 9.18 Å². The molecule has 0 bridgehead atoms. The van der Waals surface area contributed by atoms with Crippen molar-refractivity contribution in [2.24, 2.45) is 5.73 Å². The summed E-state index contributed by atoms with van der Waals surface area (Å²) < 4.78 is 13.5. The highest BCUT2D eigenvalue weighted by Crippen LogP contribution is 2.25. The van der Waals surface area contributed by atoms with Crippen molar-refractivity contribution in [3.63, 3.8) is 0 Å². The zero-order valence-electron chi connectivity index (χ0n) is 13.0. The predicted molar refractivity (Wildman–Crippen MR) is 87.7 cm³/mol. The first-order valence-electron chi connectivity index (χ1n) is 7.63. The van der Waals surface area contributed by atoms with E-state index < -0.39 is 11.4 Å². The number of amides is 1. The molecule has 1 aromatic rings. The minimum absolute atomic E-state index is 0.0333. The quantitative estimate of drug-likeness (QED) is 0.874. The minimum Gasteiger partial charge on any atom is -0.369 e. The smallest absolute Gasteiger partial charge is 0.240 e. The van der Waals surface area contributed by atoms with Crippen molar-refractivity contribution in [3.8, 4) is 0 Å². The number of carbonyl (C=O) groups is 1. The molecule has 1 heterocycles. The topological polar surface area (TPSA) is 58.4 Å². The maximum absolute atomic E-state index is 13.5. The molecule has 0 radical (unpaired) electrons. The highest BCUT2D eigenvalue weighted by molar-refractivity contribution is 6.30. The average molecular weight is 328 g/mol. The fourth-order valence-corrected chi connectivity index (χ4v) is 2.90. The second kappa shape index (κ2) is 6.84.